The van der Waals surface area contributed by atoms with Crippen molar-refractivity contribution < 1.29 is 9.59 Å². The molecule has 1 unspecified atom stereocenters. The summed E-state index contributed by atoms with van der Waals surface area (Å²) in [6, 6.07) is 0.174. The third-order valence-electron chi connectivity index (χ3n) is 4.15. The number of hydrogen-bond acceptors (Lipinski definition) is 4. The van der Waals surface area contributed by atoms with Gasteiger partial charge in [-0.3, -0.25) is 9.69 Å². The van der Waals surface area contributed by atoms with Gasteiger partial charge in [0.2, 0.25) is 5.91 Å². The van der Waals surface area contributed by atoms with Crippen LogP contribution >= 0.6 is 0 Å². The second-order valence-corrected chi connectivity index (χ2v) is 5.40. The number of nitrogens with one attached hydrogen (secondary N) is 2. The summed E-state index contributed by atoms with van der Waals surface area (Å²) in [6.45, 7) is 6.96. The highest BCUT2D eigenvalue weighted by atomic mass is 16.2. The third kappa shape index (κ3) is 2.66. The molecule has 0 aromatic rings. The number of hydrogen-bond donors (Lipinski definition) is 2. The lowest BCUT2D eigenvalue weighted by Crippen LogP contribution is -2.56. The highest BCUT2D eigenvalue weighted by Crippen LogP contribution is 2.14. The van der Waals surface area contributed by atoms with Crippen LogP contribution in [0.1, 0.15) is 0 Å². The van der Waals surface area contributed by atoms with E-state index in [1.54, 1.807) is 0 Å². The Morgan fingerprint density at radius 1 is 1.21 bits per heavy atom. The van der Waals surface area contributed by atoms with Crippen LogP contribution in [0.25, 0.3) is 0 Å². The quantitative estimate of drug-likeness (QED) is 0.615. The van der Waals surface area contributed by atoms with Gasteiger partial charge in [0.15, 0.2) is 0 Å². The Morgan fingerprint density at radius 3 is 2.79 bits per heavy atom. The minimum atomic E-state index is 0.0132. The van der Waals surface area contributed by atoms with Gasteiger partial charge < -0.3 is 20.4 Å². The summed E-state index contributed by atoms with van der Waals surface area (Å²) in [7, 11) is 0. The van der Waals surface area contributed by atoms with Crippen molar-refractivity contribution in [1.82, 2.24) is 25.3 Å². The second-order valence-electron chi connectivity index (χ2n) is 5.40. The number of nitrogens with zero attached hydrogens (tertiary/aromatic N) is 3. The van der Waals surface area contributed by atoms with E-state index < -0.39 is 0 Å². The molecule has 0 saturated carbocycles. The van der Waals surface area contributed by atoms with E-state index in [-0.39, 0.29) is 18.0 Å². The Kier molecular flexibility index (Phi) is 3.56. The number of fused-ring (bicyclic) bond motifs is 1. The number of urea groups is 1. The topological polar surface area (TPSA) is 67.9 Å². The molecule has 19 heavy (non-hydrogen) atoms. The molecule has 3 aliphatic heterocycles. The summed E-state index contributed by atoms with van der Waals surface area (Å²) in [5, 5.41) is 6.12. The zero-order chi connectivity index (χ0) is 13.2. The Bertz CT molecular complexity index is 369. The maximum Gasteiger partial charge on any atom is 0.317 e. The molecule has 3 fully saturated rings. The van der Waals surface area contributed by atoms with Crippen LogP contribution in [-0.4, -0.2) is 91.6 Å². The summed E-state index contributed by atoms with van der Waals surface area (Å²) in [5.74, 6) is 0.195. The lowest BCUT2D eigenvalue weighted by atomic mass is 10.2. The van der Waals surface area contributed by atoms with Crippen molar-refractivity contribution in [2.75, 3.05) is 58.9 Å². The lowest BCUT2D eigenvalue weighted by Gasteiger charge is -2.37. The first-order valence-electron chi connectivity index (χ1n) is 6.99. The van der Waals surface area contributed by atoms with Gasteiger partial charge in [-0.25, -0.2) is 4.79 Å². The molecule has 0 radical (unpaired) electrons. The van der Waals surface area contributed by atoms with Crippen molar-refractivity contribution in [1.29, 1.82) is 0 Å². The zero-order valence-electron chi connectivity index (χ0n) is 11.1. The smallest absolute Gasteiger partial charge is 0.317 e. The van der Waals surface area contributed by atoms with Gasteiger partial charge in [0.05, 0.1) is 12.6 Å². The van der Waals surface area contributed by atoms with Crippen LogP contribution < -0.4 is 10.6 Å². The van der Waals surface area contributed by atoms with Crippen molar-refractivity contribution in [3.05, 3.63) is 0 Å². The average Bonchev–Trinajstić information content (AvgIpc) is 2.81. The molecule has 3 heterocycles. The highest BCUT2D eigenvalue weighted by molar-refractivity contribution is 5.80. The van der Waals surface area contributed by atoms with Crippen LogP contribution in [0, 0.1) is 0 Å². The van der Waals surface area contributed by atoms with Gasteiger partial charge >= 0.3 is 6.03 Å². The molecular formula is C12H21N5O2. The first-order chi connectivity index (χ1) is 9.24. The molecule has 2 N–H and O–H groups in total. The van der Waals surface area contributed by atoms with Crippen LogP contribution in [0.4, 0.5) is 4.79 Å². The van der Waals surface area contributed by atoms with Crippen LogP contribution in [0.5, 0.6) is 0 Å². The summed E-state index contributed by atoms with van der Waals surface area (Å²) < 4.78 is 0. The molecule has 7 heteroatoms. The van der Waals surface area contributed by atoms with Crippen molar-refractivity contribution in [2.24, 2.45) is 0 Å². The van der Waals surface area contributed by atoms with Gasteiger partial charge in [-0.15, -0.1) is 0 Å². The van der Waals surface area contributed by atoms with E-state index in [0.29, 0.717) is 32.7 Å². The van der Waals surface area contributed by atoms with Gasteiger partial charge in [0.1, 0.15) is 0 Å². The number of carbonyl (C=O) groups is 2. The molecule has 1 atom stereocenters. The SMILES string of the molecule is O=C(CN1CCNCC1)N1CCN2C(=O)NCC2C1. The molecule has 3 aliphatic rings. The van der Waals surface area contributed by atoms with E-state index in [4.69, 9.17) is 0 Å². The lowest BCUT2D eigenvalue weighted by molar-refractivity contribution is -0.134. The number of carbonyl (C=O) groups excluding carboxylic acids is 2. The fourth-order valence-corrected chi connectivity index (χ4v) is 2.99. The van der Waals surface area contributed by atoms with Gasteiger partial charge in [0.25, 0.3) is 0 Å². The molecule has 0 aromatic heterocycles. The predicted octanol–water partition coefficient (Wildman–Crippen LogP) is -1.87. The molecular weight excluding hydrogens is 246 g/mol. The van der Waals surface area contributed by atoms with Crippen LogP contribution in [0.3, 0.4) is 0 Å². The Morgan fingerprint density at radius 2 is 2.00 bits per heavy atom. The molecule has 0 aromatic carbocycles. The second kappa shape index (κ2) is 5.34. The first kappa shape index (κ1) is 12.7. The maximum absolute atomic E-state index is 12.3. The molecule has 0 aliphatic carbocycles. The van der Waals surface area contributed by atoms with Crippen LogP contribution in [0.2, 0.25) is 0 Å². The van der Waals surface area contributed by atoms with Crippen molar-refractivity contribution in [2.45, 2.75) is 6.04 Å². The number of piperazine rings is 2. The van der Waals surface area contributed by atoms with E-state index in [2.05, 4.69) is 15.5 Å². The fourth-order valence-electron chi connectivity index (χ4n) is 2.99. The monoisotopic (exact) mass is 267 g/mol. The standard InChI is InChI=1S/C12H21N5O2/c18-11(9-15-3-1-13-2-4-15)16-5-6-17-10(8-16)7-14-12(17)19/h10,13H,1-9H2,(H,14,19). The van der Waals surface area contributed by atoms with E-state index in [9.17, 15) is 9.59 Å². The number of amides is 3. The van der Waals surface area contributed by atoms with E-state index >= 15 is 0 Å². The molecule has 0 bridgehead atoms. The Labute approximate surface area is 112 Å². The minimum Gasteiger partial charge on any atom is -0.338 e. The Balaban J connectivity index is 1.52. The number of rotatable bonds is 2. The van der Waals surface area contributed by atoms with Crippen molar-refractivity contribution in [3.8, 4) is 0 Å². The molecule has 7 nitrogen and oxygen atoms in total. The van der Waals surface area contributed by atoms with Crippen LogP contribution in [-0.2, 0) is 4.79 Å². The van der Waals surface area contributed by atoms with Gasteiger partial charge in [-0.2, -0.15) is 0 Å². The van der Waals surface area contributed by atoms with Gasteiger partial charge in [-0.05, 0) is 0 Å². The van der Waals surface area contributed by atoms with Crippen molar-refractivity contribution >= 4 is 11.9 Å². The molecule has 3 amide bonds. The summed E-state index contributed by atoms with van der Waals surface area (Å²) in [4.78, 5) is 29.7. The normalized spacial score (nSPS) is 28.2. The summed E-state index contributed by atoms with van der Waals surface area (Å²) in [5.41, 5.74) is 0. The van der Waals surface area contributed by atoms with Gasteiger partial charge in [-0.1, -0.05) is 0 Å². The Hall–Kier alpha value is -1.34. The molecule has 0 spiro atoms. The average molecular weight is 267 g/mol. The fraction of sp³-hybridized carbons (Fsp3) is 0.833. The highest BCUT2D eigenvalue weighted by Gasteiger charge is 2.36. The zero-order valence-corrected chi connectivity index (χ0v) is 11.1. The maximum atomic E-state index is 12.3. The summed E-state index contributed by atoms with van der Waals surface area (Å²) >= 11 is 0. The van der Waals surface area contributed by atoms with Crippen molar-refractivity contribution in [3.63, 3.8) is 0 Å². The largest absolute Gasteiger partial charge is 0.338 e. The third-order valence-corrected chi connectivity index (χ3v) is 4.15. The molecule has 106 valence electrons. The van der Waals surface area contributed by atoms with E-state index in [1.165, 1.54) is 0 Å². The summed E-state index contributed by atoms with van der Waals surface area (Å²) in [6.07, 6.45) is 0. The molecule has 3 saturated heterocycles. The van der Waals surface area contributed by atoms with E-state index in [0.717, 1.165) is 26.2 Å². The molecule has 3 rings (SSSR count). The van der Waals surface area contributed by atoms with Gasteiger partial charge in [0, 0.05) is 52.4 Å². The first-order valence-corrected chi connectivity index (χ1v) is 6.99. The van der Waals surface area contributed by atoms with Crippen LogP contribution in [0.15, 0.2) is 0 Å². The minimum absolute atomic E-state index is 0.0132. The predicted molar refractivity (Wildman–Crippen MR) is 69.8 cm³/mol. The van der Waals surface area contributed by atoms with E-state index in [1.807, 2.05) is 9.80 Å².